The van der Waals surface area contributed by atoms with E-state index >= 15 is 0 Å². The second kappa shape index (κ2) is 8.48. The topological polar surface area (TPSA) is 89.5 Å². The molecule has 0 fully saturated rings. The lowest BCUT2D eigenvalue weighted by Gasteiger charge is -2.09. The first-order valence-corrected chi connectivity index (χ1v) is 6.06. The fraction of sp³-hybridized carbons (Fsp3) is 0.636. The lowest BCUT2D eigenvalue weighted by molar-refractivity contribution is 0.145. The van der Waals surface area contributed by atoms with Crippen molar-refractivity contribution in [3.8, 4) is 0 Å². The Morgan fingerprint density at radius 2 is 2.44 bits per heavy atom. The highest BCUT2D eigenvalue weighted by Crippen LogP contribution is 1.95. The second-order valence-electron chi connectivity index (χ2n) is 3.74. The maximum absolute atomic E-state index is 5.39. The Morgan fingerprint density at radius 3 is 3.06 bits per heavy atom. The van der Waals surface area contributed by atoms with Gasteiger partial charge in [-0.1, -0.05) is 0 Å². The predicted octanol–water partition coefficient (Wildman–Crippen LogP) is -0.244. The molecule has 102 valence electrons. The monoisotopic (exact) mass is 254 g/mol. The molecule has 7 nitrogen and oxygen atoms in total. The molecule has 18 heavy (non-hydrogen) atoms. The van der Waals surface area contributed by atoms with E-state index in [1.54, 1.807) is 6.20 Å². The molecule has 0 saturated carbocycles. The van der Waals surface area contributed by atoms with Crippen LogP contribution in [-0.2, 0) is 18.3 Å². The number of hydrazine groups is 1. The van der Waals surface area contributed by atoms with Crippen LogP contribution in [0.4, 0.5) is 0 Å². The van der Waals surface area contributed by atoms with Crippen LogP contribution in [0, 0.1) is 0 Å². The molecule has 0 aromatic carbocycles. The van der Waals surface area contributed by atoms with E-state index < -0.39 is 0 Å². The molecule has 0 spiro atoms. The number of aryl methyl sites for hydroxylation is 1. The van der Waals surface area contributed by atoms with Crippen LogP contribution in [0.5, 0.6) is 0 Å². The maximum Gasteiger partial charge on any atom is 0.206 e. The van der Waals surface area contributed by atoms with Crippen molar-refractivity contribution in [1.82, 2.24) is 20.3 Å². The number of hydrogen-bond donors (Lipinski definition) is 3. The van der Waals surface area contributed by atoms with Crippen LogP contribution in [0.2, 0.25) is 0 Å². The van der Waals surface area contributed by atoms with Gasteiger partial charge in [0.05, 0.1) is 0 Å². The summed E-state index contributed by atoms with van der Waals surface area (Å²) >= 11 is 0. The van der Waals surface area contributed by atoms with Crippen molar-refractivity contribution in [3.63, 3.8) is 0 Å². The van der Waals surface area contributed by atoms with Gasteiger partial charge in [0.15, 0.2) is 0 Å². The van der Waals surface area contributed by atoms with Gasteiger partial charge in [0.25, 0.3) is 0 Å². The van der Waals surface area contributed by atoms with Gasteiger partial charge in [-0.25, -0.2) is 15.8 Å². The number of nitrogens with zero attached hydrogens (tertiary/aromatic N) is 3. The zero-order valence-electron chi connectivity index (χ0n) is 11.0. The Morgan fingerprint density at radius 1 is 1.61 bits per heavy atom. The van der Waals surface area contributed by atoms with Crippen molar-refractivity contribution in [1.29, 1.82) is 0 Å². The first-order valence-electron chi connectivity index (χ1n) is 6.06. The summed E-state index contributed by atoms with van der Waals surface area (Å²) < 4.78 is 7.16. The molecule has 1 rings (SSSR count). The van der Waals surface area contributed by atoms with Crippen LogP contribution >= 0.6 is 0 Å². The van der Waals surface area contributed by atoms with Gasteiger partial charge in [-0.15, -0.1) is 0 Å². The number of nitrogens with one attached hydrogen (secondary N) is 2. The van der Waals surface area contributed by atoms with Crippen molar-refractivity contribution in [2.75, 3.05) is 19.8 Å². The van der Waals surface area contributed by atoms with Crippen LogP contribution in [-0.4, -0.2) is 35.3 Å². The Kier molecular flexibility index (Phi) is 6.82. The minimum atomic E-state index is 0.488. The standard InChI is InChI=1S/C11H22N6O/c1-3-18-8-4-5-14-11(16-12)15-9-10-13-6-7-17(10)2/h6-7H,3-5,8-9,12H2,1-2H3,(H2,14,15,16). The van der Waals surface area contributed by atoms with Gasteiger partial charge >= 0.3 is 0 Å². The molecule has 0 aliphatic rings. The fourth-order valence-corrected chi connectivity index (χ4v) is 1.38. The second-order valence-corrected chi connectivity index (χ2v) is 3.74. The molecule has 0 unspecified atom stereocenters. The van der Waals surface area contributed by atoms with E-state index in [2.05, 4.69) is 20.7 Å². The molecule has 0 atom stereocenters. The zero-order chi connectivity index (χ0) is 13.2. The minimum absolute atomic E-state index is 0.488. The van der Waals surface area contributed by atoms with Crippen LogP contribution in [0.25, 0.3) is 0 Å². The summed E-state index contributed by atoms with van der Waals surface area (Å²) in [4.78, 5) is 8.49. The third kappa shape index (κ3) is 5.15. The van der Waals surface area contributed by atoms with Gasteiger partial charge in [-0.2, -0.15) is 0 Å². The third-order valence-electron chi connectivity index (χ3n) is 2.40. The molecular formula is C11H22N6O. The summed E-state index contributed by atoms with van der Waals surface area (Å²) in [7, 11) is 1.93. The summed E-state index contributed by atoms with van der Waals surface area (Å²) in [5, 5.41) is 3.11. The van der Waals surface area contributed by atoms with Gasteiger partial charge in [-0.05, 0) is 13.3 Å². The van der Waals surface area contributed by atoms with Crippen LogP contribution in [0.15, 0.2) is 17.4 Å². The first kappa shape index (κ1) is 14.5. The van der Waals surface area contributed by atoms with E-state index in [4.69, 9.17) is 10.6 Å². The molecule has 0 aliphatic carbocycles. The highest BCUT2D eigenvalue weighted by molar-refractivity contribution is 5.79. The molecule has 1 heterocycles. The Bertz CT molecular complexity index is 362. The predicted molar refractivity (Wildman–Crippen MR) is 70.8 cm³/mol. The van der Waals surface area contributed by atoms with Crippen molar-refractivity contribution >= 4 is 5.96 Å². The van der Waals surface area contributed by atoms with Gasteiger partial charge in [0, 0.05) is 39.2 Å². The number of ether oxygens (including phenoxy) is 1. The zero-order valence-corrected chi connectivity index (χ0v) is 11.0. The summed E-state index contributed by atoms with van der Waals surface area (Å²) in [6, 6.07) is 0. The molecule has 0 saturated heterocycles. The van der Waals surface area contributed by atoms with Crippen LogP contribution in [0.1, 0.15) is 19.2 Å². The number of hydrogen-bond acceptors (Lipinski definition) is 4. The largest absolute Gasteiger partial charge is 0.382 e. The Balaban J connectivity index is 2.29. The average molecular weight is 254 g/mol. The molecule has 4 N–H and O–H groups in total. The Labute approximate surface area is 107 Å². The molecule has 0 bridgehead atoms. The van der Waals surface area contributed by atoms with Crippen LogP contribution in [0.3, 0.4) is 0 Å². The lowest BCUT2D eigenvalue weighted by Crippen LogP contribution is -2.42. The highest BCUT2D eigenvalue weighted by Gasteiger charge is 1.99. The lowest BCUT2D eigenvalue weighted by atomic mass is 10.4. The van der Waals surface area contributed by atoms with E-state index in [1.165, 1.54) is 0 Å². The summed E-state index contributed by atoms with van der Waals surface area (Å²) in [6.07, 6.45) is 4.54. The average Bonchev–Trinajstić information content (AvgIpc) is 2.78. The molecule has 7 heteroatoms. The minimum Gasteiger partial charge on any atom is -0.382 e. The smallest absolute Gasteiger partial charge is 0.206 e. The van der Waals surface area contributed by atoms with E-state index in [0.717, 1.165) is 32.0 Å². The molecule has 1 aromatic heterocycles. The summed E-state index contributed by atoms with van der Waals surface area (Å²) in [5.74, 6) is 6.84. The number of imidazole rings is 1. The van der Waals surface area contributed by atoms with Gasteiger partial charge in [0.2, 0.25) is 5.96 Å². The van der Waals surface area contributed by atoms with Crippen molar-refractivity contribution in [2.24, 2.45) is 17.9 Å². The van der Waals surface area contributed by atoms with Crippen LogP contribution < -0.4 is 16.6 Å². The van der Waals surface area contributed by atoms with Crippen molar-refractivity contribution in [3.05, 3.63) is 18.2 Å². The van der Waals surface area contributed by atoms with Gasteiger partial charge in [0.1, 0.15) is 12.4 Å². The number of nitrogens with two attached hydrogens (primary N) is 1. The first-order chi connectivity index (χ1) is 8.77. The van der Waals surface area contributed by atoms with Gasteiger partial charge in [-0.3, -0.25) is 5.43 Å². The SMILES string of the molecule is CCOCCCNC(=NCc1nccn1C)NN. The molecule has 0 amide bonds. The third-order valence-corrected chi connectivity index (χ3v) is 2.40. The molecule has 0 aliphatic heterocycles. The fourth-order valence-electron chi connectivity index (χ4n) is 1.38. The van der Waals surface area contributed by atoms with E-state index in [9.17, 15) is 0 Å². The van der Waals surface area contributed by atoms with E-state index in [0.29, 0.717) is 12.5 Å². The van der Waals surface area contributed by atoms with E-state index in [1.807, 2.05) is 24.7 Å². The Hall–Kier alpha value is -1.60. The number of aromatic nitrogens is 2. The van der Waals surface area contributed by atoms with Crippen molar-refractivity contribution in [2.45, 2.75) is 19.9 Å². The normalized spacial score (nSPS) is 11.6. The highest BCUT2D eigenvalue weighted by atomic mass is 16.5. The summed E-state index contributed by atoms with van der Waals surface area (Å²) in [6.45, 7) is 4.72. The van der Waals surface area contributed by atoms with E-state index in [-0.39, 0.29) is 0 Å². The number of rotatable bonds is 7. The van der Waals surface area contributed by atoms with Gasteiger partial charge < -0.3 is 14.6 Å². The number of guanidine groups is 1. The summed E-state index contributed by atoms with van der Waals surface area (Å²) in [5.41, 5.74) is 2.54. The quantitative estimate of drug-likeness (QED) is 0.205. The molecular weight excluding hydrogens is 232 g/mol. The molecule has 0 radical (unpaired) electrons. The maximum atomic E-state index is 5.39. The number of aliphatic imine (C=N–C) groups is 1. The molecule has 1 aromatic rings. The van der Waals surface area contributed by atoms with Crippen molar-refractivity contribution < 1.29 is 4.74 Å².